The maximum absolute atomic E-state index is 15.4. The first-order chi connectivity index (χ1) is 18.8. The third-order valence-corrected chi connectivity index (χ3v) is 7.27. The summed E-state index contributed by atoms with van der Waals surface area (Å²) in [4.78, 5) is 29.7. The largest absolute Gasteiger partial charge is 0.474 e. The van der Waals surface area contributed by atoms with Crippen molar-refractivity contribution in [3.8, 4) is 5.88 Å². The summed E-state index contributed by atoms with van der Waals surface area (Å²) >= 11 is 6.20. The Bertz CT molecular complexity index is 1410. The Kier molecular flexibility index (Phi) is 8.58. The van der Waals surface area contributed by atoms with Gasteiger partial charge in [0.15, 0.2) is 0 Å². The average molecular weight is 580 g/mol. The Morgan fingerprint density at radius 2 is 1.73 bits per heavy atom. The normalized spacial score (nSPS) is 17.9. The molecule has 1 heterocycles. The maximum Gasteiger partial charge on any atom is 0.391 e. The van der Waals surface area contributed by atoms with E-state index in [-0.39, 0.29) is 60.2 Å². The number of hydrogen-bond donors (Lipinski definition) is 2. The monoisotopic (exact) mass is 579 g/mol. The number of rotatable bonds is 6. The number of anilines is 1. The lowest BCUT2D eigenvalue weighted by Crippen LogP contribution is -2.34. The second-order valence-corrected chi connectivity index (χ2v) is 11.3. The zero-order valence-electron chi connectivity index (χ0n) is 22.3. The lowest BCUT2D eigenvalue weighted by molar-refractivity contribution is -0.185. The molecule has 11 heteroatoms. The van der Waals surface area contributed by atoms with Crippen molar-refractivity contribution in [1.29, 1.82) is 0 Å². The van der Waals surface area contributed by atoms with Crippen LogP contribution in [-0.4, -0.2) is 29.1 Å². The molecule has 0 radical (unpaired) electrons. The van der Waals surface area contributed by atoms with Crippen molar-refractivity contribution < 1.29 is 31.9 Å². The van der Waals surface area contributed by atoms with Gasteiger partial charge in [-0.1, -0.05) is 44.5 Å². The van der Waals surface area contributed by atoms with Gasteiger partial charge in [0.2, 0.25) is 11.8 Å². The Morgan fingerprint density at radius 3 is 2.38 bits per heavy atom. The van der Waals surface area contributed by atoms with Gasteiger partial charge in [-0.2, -0.15) is 13.2 Å². The number of ether oxygens (including phenoxy) is 1. The Labute approximate surface area is 234 Å². The summed E-state index contributed by atoms with van der Waals surface area (Å²) < 4.78 is 60.4. The molecule has 0 saturated heterocycles. The summed E-state index contributed by atoms with van der Waals surface area (Å²) in [5.41, 5.74) is -0.590. The molecule has 0 atom stereocenters. The highest BCUT2D eigenvalue weighted by Gasteiger charge is 2.42. The van der Waals surface area contributed by atoms with E-state index < -0.39 is 35.3 Å². The van der Waals surface area contributed by atoms with Gasteiger partial charge in [-0.05, 0) is 49.9 Å². The molecule has 0 aliphatic heterocycles. The molecular weight excluding hydrogens is 550 g/mol. The van der Waals surface area contributed by atoms with Crippen LogP contribution >= 0.6 is 11.6 Å². The van der Waals surface area contributed by atoms with Crippen molar-refractivity contribution in [1.82, 2.24) is 10.3 Å². The van der Waals surface area contributed by atoms with Crippen molar-refractivity contribution >= 4 is 39.9 Å². The van der Waals surface area contributed by atoms with E-state index in [9.17, 15) is 22.8 Å². The number of pyridine rings is 1. The second kappa shape index (κ2) is 11.6. The van der Waals surface area contributed by atoms with Crippen LogP contribution in [0.3, 0.4) is 0 Å². The molecule has 2 N–H and O–H groups in total. The van der Waals surface area contributed by atoms with Gasteiger partial charge >= 0.3 is 6.18 Å². The molecule has 0 spiro atoms. The number of benzene rings is 2. The van der Waals surface area contributed by atoms with E-state index in [1.54, 1.807) is 45.0 Å². The molecule has 1 fully saturated rings. The number of amides is 2. The molecule has 214 valence electrons. The number of aromatic nitrogens is 1. The molecule has 40 heavy (non-hydrogen) atoms. The molecule has 6 nitrogen and oxygen atoms in total. The maximum atomic E-state index is 15.4. The first kappa shape index (κ1) is 29.6. The zero-order valence-corrected chi connectivity index (χ0v) is 23.0. The van der Waals surface area contributed by atoms with Gasteiger partial charge in [-0.25, -0.2) is 9.37 Å². The number of fused-ring (bicyclic) bond motifs is 1. The number of hydrogen-bond acceptors (Lipinski definition) is 4. The molecular formula is C29H30ClF4N3O3. The summed E-state index contributed by atoms with van der Waals surface area (Å²) in [7, 11) is 0. The van der Waals surface area contributed by atoms with E-state index in [0.29, 0.717) is 16.5 Å². The standard InChI is InChI=1S/C29H30ClF4N3O3/c1-28(2,3)27(39)36-15-16-7-12-21(30)23(24(16)31)25(38)37-22-6-4-5-20-19(22)13-14-35-26(20)40-18-10-8-17(9-11-18)29(32,33)34/h4-7,12-14,17-18H,8-11,15H2,1-3H3,(H,36,39)(H,37,38). The predicted molar refractivity (Wildman–Crippen MR) is 145 cm³/mol. The predicted octanol–water partition coefficient (Wildman–Crippen LogP) is 7.44. The van der Waals surface area contributed by atoms with Crippen LogP contribution in [-0.2, 0) is 11.3 Å². The van der Waals surface area contributed by atoms with Crippen LogP contribution in [0.25, 0.3) is 10.8 Å². The minimum atomic E-state index is -4.21. The van der Waals surface area contributed by atoms with Crippen LogP contribution in [0.5, 0.6) is 5.88 Å². The number of carbonyl (C=O) groups excluding carboxylic acids is 2. The molecule has 0 unspecified atom stereocenters. The molecule has 4 rings (SSSR count). The smallest absolute Gasteiger partial charge is 0.391 e. The van der Waals surface area contributed by atoms with Gasteiger partial charge in [0, 0.05) is 40.2 Å². The van der Waals surface area contributed by atoms with Crippen LogP contribution < -0.4 is 15.4 Å². The Balaban J connectivity index is 1.53. The molecule has 2 aromatic carbocycles. The summed E-state index contributed by atoms with van der Waals surface area (Å²) in [6.45, 7) is 5.07. The number of nitrogens with zero attached hydrogens (tertiary/aromatic N) is 1. The van der Waals surface area contributed by atoms with Crippen molar-refractivity contribution in [2.75, 3.05) is 5.32 Å². The van der Waals surface area contributed by atoms with Crippen LogP contribution in [0.15, 0.2) is 42.6 Å². The molecule has 2 amide bonds. The van der Waals surface area contributed by atoms with Crippen LogP contribution in [0, 0.1) is 17.2 Å². The summed E-state index contributed by atoms with van der Waals surface area (Å²) in [5.74, 6) is -2.99. The topological polar surface area (TPSA) is 80.3 Å². The quantitative estimate of drug-likeness (QED) is 0.297. The number of alkyl halides is 3. The van der Waals surface area contributed by atoms with Gasteiger partial charge in [0.05, 0.1) is 16.5 Å². The molecule has 0 bridgehead atoms. The van der Waals surface area contributed by atoms with Gasteiger partial charge in [-0.3, -0.25) is 9.59 Å². The van der Waals surface area contributed by atoms with Gasteiger partial charge in [-0.15, -0.1) is 0 Å². The Hall–Kier alpha value is -3.40. The van der Waals surface area contributed by atoms with E-state index >= 15 is 4.39 Å². The van der Waals surface area contributed by atoms with E-state index in [4.69, 9.17) is 16.3 Å². The summed E-state index contributed by atoms with van der Waals surface area (Å²) in [5, 5.41) is 6.35. The van der Waals surface area contributed by atoms with Crippen LogP contribution in [0.1, 0.15) is 62.4 Å². The molecule has 1 aliphatic rings. The van der Waals surface area contributed by atoms with Crippen molar-refractivity contribution in [3.63, 3.8) is 0 Å². The van der Waals surface area contributed by atoms with Crippen LogP contribution in [0.2, 0.25) is 5.02 Å². The first-order valence-corrected chi connectivity index (χ1v) is 13.3. The first-order valence-electron chi connectivity index (χ1n) is 12.9. The lowest BCUT2D eigenvalue weighted by Gasteiger charge is -2.30. The molecule has 1 saturated carbocycles. The number of carbonyl (C=O) groups is 2. The Morgan fingerprint density at radius 1 is 1.02 bits per heavy atom. The van der Waals surface area contributed by atoms with Crippen molar-refractivity contribution in [2.45, 2.75) is 65.3 Å². The molecule has 1 aromatic heterocycles. The minimum Gasteiger partial charge on any atom is -0.474 e. The van der Waals surface area contributed by atoms with Crippen LogP contribution in [0.4, 0.5) is 23.2 Å². The second-order valence-electron chi connectivity index (χ2n) is 10.9. The fourth-order valence-corrected chi connectivity index (χ4v) is 4.85. The molecule has 3 aromatic rings. The average Bonchev–Trinajstić information content (AvgIpc) is 2.88. The van der Waals surface area contributed by atoms with Gasteiger partial charge < -0.3 is 15.4 Å². The SMILES string of the molecule is CC(C)(C)C(=O)NCc1ccc(Cl)c(C(=O)Nc2cccc3c(OC4CCC(C(F)(F)F)CC4)nccc23)c1F. The fourth-order valence-electron chi connectivity index (χ4n) is 4.61. The highest BCUT2D eigenvalue weighted by molar-refractivity contribution is 6.34. The van der Waals surface area contributed by atoms with E-state index in [1.807, 2.05) is 0 Å². The van der Waals surface area contributed by atoms with Gasteiger partial charge in [0.25, 0.3) is 5.91 Å². The van der Waals surface area contributed by atoms with Gasteiger partial charge in [0.1, 0.15) is 11.9 Å². The fraction of sp³-hybridized carbons (Fsp3) is 0.414. The summed E-state index contributed by atoms with van der Waals surface area (Å²) in [6, 6.07) is 9.45. The zero-order chi connectivity index (χ0) is 29.2. The van der Waals surface area contributed by atoms with E-state index in [0.717, 1.165) is 0 Å². The lowest BCUT2D eigenvalue weighted by atomic mass is 9.87. The summed E-state index contributed by atoms with van der Waals surface area (Å²) in [6.07, 6.45) is -2.66. The third-order valence-electron chi connectivity index (χ3n) is 6.95. The molecule has 1 aliphatic carbocycles. The highest BCUT2D eigenvalue weighted by atomic mass is 35.5. The van der Waals surface area contributed by atoms with Crippen molar-refractivity contribution in [3.05, 3.63) is 64.6 Å². The van der Waals surface area contributed by atoms with Crippen molar-refractivity contribution in [2.24, 2.45) is 11.3 Å². The third kappa shape index (κ3) is 6.66. The highest BCUT2D eigenvalue weighted by Crippen LogP contribution is 2.39. The number of nitrogens with one attached hydrogen (secondary N) is 2. The minimum absolute atomic E-state index is 0.00842. The van der Waals surface area contributed by atoms with E-state index in [2.05, 4.69) is 15.6 Å². The van der Waals surface area contributed by atoms with E-state index in [1.165, 1.54) is 18.3 Å². The number of halogens is 5.